The third-order valence-electron chi connectivity index (χ3n) is 4.08. The van der Waals surface area contributed by atoms with E-state index in [4.69, 9.17) is 11.6 Å². The van der Waals surface area contributed by atoms with Crippen LogP contribution in [0.2, 0.25) is 5.02 Å². The molecule has 0 atom stereocenters. The molecule has 2 aliphatic rings. The number of urea groups is 1. The van der Waals surface area contributed by atoms with Crippen LogP contribution in [0.3, 0.4) is 0 Å². The van der Waals surface area contributed by atoms with Crippen molar-refractivity contribution in [1.82, 2.24) is 20.1 Å². The van der Waals surface area contributed by atoms with Gasteiger partial charge in [0.2, 0.25) is 0 Å². The highest BCUT2D eigenvalue weighted by molar-refractivity contribution is 6.33. The first-order valence-electron chi connectivity index (χ1n) is 7.16. The molecule has 0 aromatic carbocycles. The molecule has 4 heterocycles. The lowest BCUT2D eigenvalue weighted by atomic mass is 10.1. The first kappa shape index (κ1) is 13.4. The highest BCUT2D eigenvalue weighted by Crippen LogP contribution is 2.32. The molecule has 2 fully saturated rings. The lowest BCUT2D eigenvalue weighted by Crippen LogP contribution is -2.48. The number of carbonyl (C=O) groups excluding carboxylic acids is 1. The van der Waals surface area contributed by atoms with E-state index in [-0.39, 0.29) is 6.03 Å². The van der Waals surface area contributed by atoms with Gasteiger partial charge < -0.3 is 10.2 Å². The third kappa shape index (κ3) is 2.18. The van der Waals surface area contributed by atoms with Crippen LogP contribution >= 0.6 is 11.6 Å². The van der Waals surface area contributed by atoms with E-state index in [0.717, 1.165) is 24.5 Å². The first-order valence-corrected chi connectivity index (χ1v) is 7.54. The number of anilines is 2. The second-order valence-corrected chi connectivity index (χ2v) is 5.86. The van der Waals surface area contributed by atoms with Crippen LogP contribution in [0.4, 0.5) is 16.2 Å². The zero-order chi connectivity index (χ0) is 15.1. The van der Waals surface area contributed by atoms with Gasteiger partial charge >= 0.3 is 6.03 Å². The van der Waals surface area contributed by atoms with Crippen LogP contribution in [0.25, 0.3) is 0 Å². The number of amides is 2. The number of carbonyl (C=O) groups is 1. The normalized spacial score (nSPS) is 18.5. The largest absolute Gasteiger partial charge is 0.366 e. The number of hydrogen-bond acceptors (Lipinski definition) is 4. The van der Waals surface area contributed by atoms with Gasteiger partial charge in [0.05, 0.1) is 28.6 Å². The Morgan fingerprint density at radius 3 is 2.91 bits per heavy atom. The van der Waals surface area contributed by atoms with E-state index in [1.807, 2.05) is 16.9 Å². The van der Waals surface area contributed by atoms with Gasteiger partial charge in [-0.05, 0) is 6.07 Å². The van der Waals surface area contributed by atoms with Crippen LogP contribution in [0.5, 0.6) is 0 Å². The highest BCUT2D eigenvalue weighted by Gasteiger charge is 2.31. The number of halogens is 1. The SMILES string of the molecule is O=C1NCCN1c1cnn(C2CN(c3ccncc3Cl)C2)c1. The molecule has 0 spiro atoms. The summed E-state index contributed by atoms with van der Waals surface area (Å²) >= 11 is 6.15. The number of hydrogen-bond donors (Lipinski definition) is 1. The van der Waals surface area contributed by atoms with E-state index in [1.54, 1.807) is 23.5 Å². The van der Waals surface area contributed by atoms with Gasteiger partial charge in [-0.3, -0.25) is 14.6 Å². The fourth-order valence-electron chi connectivity index (χ4n) is 2.83. The van der Waals surface area contributed by atoms with Gasteiger partial charge in [-0.15, -0.1) is 0 Å². The minimum atomic E-state index is -0.0571. The Morgan fingerprint density at radius 1 is 1.32 bits per heavy atom. The zero-order valence-electron chi connectivity index (χ0n) is 11.8. The molecule has 0 bridgehead atoms. The van der Waals surface area contributed by atoms with E-state index in [2.05, 4.69) is 20.3 Å². The fourth-order valence-corrected chi connectivity index (χ4v) is 3.07. The smallest absolute Gasteiger partial charge is 0.322 e. The van der Waals surface area contributed by atoms with E-state index in [9.17, 15) is 4.79 Å². The fraction of sp³-hybridized carbons (Fsp3) is 0.357. The molecule has 0 aliphatic carbocycles. The van der Waals surface area contributed by atoms with E-state index < -0.39 is 0 Å². The van der Waals surface area contributed by atoms with Gasteiger partial charge in [-0.1, -0.05) is 11.6 Å². The Kier molecular flexibility index (Phi) is 3.15. The summed E-state index contributed by atoms with van der Waals surface area (Å²) in [6.45, 7) is 3.06. The molecule has 0 saturated carbocycles. The topological polar surface area (TPSA) is 66.3 Å². The Labute approximate surface area is 132 Å². The van der Waals surface area contributed by atoms with Crippen molar-refractivity contribution in [2.45, 2.75) is 6.04 Å². The summed E-state index contributed by atoms with van der Waals surface area (Å²) in [5.74, 6) is 0. The maximum absolute atomic E-state index is 11.7. The maximum atomic E-state index is 11.7. The van der Waals surface area contributed by atoms with Gasteiger partial charge in [0, 0.05) is 44.8 Å². The van der Waals surface area contributed by atoms with Crippen LogP contribution in [0.15, 0.2) is 30.9 Å². The molecule has 2 aliphatic heterocycles. The average molecular weight is 319 g/mol. The summed E-state index contributed by atoms with van der Waals surface area (Å²) in [5, 5.41) is 7.84. The number of nitrogens with one attached hydrogen (secondary N) is 1. The minimum Gasteiger partial charge on any atom is -0.366 e. The molecule has 7 nitrogen and oxygen atoms in total. The van der Waals surface area contributed by atoms with Crippen LogP contribution in [-0.4, -0.2) is 47.0 Å². The van der Waals surface area contributed by atoms with Crippen LogP contribution in [-0.2, 0) is 0 Å². The Hall–Kier alpha value is -2.28. The average Bonchev–Trinajstić information content (AvgIpc) is 3.08. The summed E-state index contributed by atoms with van der Waals surface area (Å²) in [7, 11) is 0. The predicted octanol–water partition coefficient (Wildman–Crippen LogP) is 1.52. The standard InChI is InChI=1S/C14H15ClN6O/c15-12-6-16-2-1-13(12)19-7-11(8-19)21-9-10(5-18-21)20-4-3-17-14(20)22/h1-2,5-6,9,11H,3-4,7-8H2,(H,17,22). The van der Waals surface area contributed by atoms with Crippen molar-refractivity contribution in [2.24, 2.45) is 0 Å². The van der Waals surface area contributed by atoms with Crippen molar-refractivity contribution in [3.8, 4) is 0 Å². The maximum Gasteiger partial charge on any atom is 0.322 e. The van der Waals surface area contributed by atoms with Crippen molar-refractivity contribution < 1.29 is 4.79 Å². The van der Waals surface area contributed by atoms with Crippen molar-refractivity contribution in [3.05, 3.63) is 35.9 Å². The molecular weight excluding hydrogens is 304 g/mol. The summed E-state index contributed by atoms with van der Waals surface area (Å²) in [5.41, 5.74) is 1.84. The second-order valence-electron chi connectivity index (χ2n) is 5.45. The highest BCUT2D eigenvalue weighted by atomic mass is 35.5. The minimum absolute atomic E-state index is 0.0571. The van der Waals surface area contributed by atoms with Gasteiger partial charge in [-0.25, -0.2) is 4.79 Å². The Balaban J connectivity index is 1.44. The first-order chi connectivity index (χ1) is 10.7. The second kappa shape index (κ2) is 5.17. The van der Waals surface area contributed by atoms with Crippen molar-refractivity contribution >= 4 is 29.0 Å². The summed E-state index contributed by atoms with van der Waals surface area (Å²) < 4.78 is 1.92. The van der Waals surface area contributed by atoms with Crippen molar-refractivity contribution in [3.63, 3.8) is 0 Å². The van der Waals surface area contributed by atoms with Gasteiger partial charge in [-0.2, -0.15) is 5.10 Å². The lowest BCUT2D eigenvalue weighted by Gasteiger charge is -2.41. The quantitative estimate of drug-likeness (QED) is 0.932. The molecule has 22 heavy (non-hydrogen) atoms. The number of pyridine rings is 1. The molecule has 4 rings (SSSR count). The van der Waals surface area contributed by atoms with E-state index in [1.165, 1.54) is 0 Å². The predicted molar refractivity (Wildman–Crippen MR) is 83.5 cm³/mol. The molecule has 2 aromatic rings. The number of rotatable bonds is 3. The summed E-state index contributed by atoms with van der Waals surface area (Å²) in [6, 6.07) is 2.16. The van der Waals surface area contributed by atoms with Crippen LogP contribution in [0.1, 0.15) is 6.04 Å². The molecule has 2 amide bonds. The monoisotopic (exact) mass is 318 g/mol. The van der Waals surface area contributed by atoms with Crippen LogP contribution < -0.4 is 15.1 Å². The zero-order valence-corrected chi connectivity index (χ0v) is 12.6. The Bertz CT molecular complexity index is 711. The van der Waals surface area contributed by atoms with Gasteiger partial charge in [0.15, 0.2) is 0 Å². The molecule has 2 saturated heterocycles. The summed E-state index contributed by atoms with van der Waals surface area (Å²) in [4.78, 5) is 19.6. The van der Waals surface area contributed by atoms with Crippen molar-refractivity contribution in [2.75, 3.05) is 36.0 Å². The molecule has 2 aromatic heterocycles. The molecule has 0 unspecified atom stereocenters. The van der Waals surface area contributed by atoms with Gasteiger partial charge in [0.25, 0.3) is 0 Å². The van der Waals surface area contributed by atoms with E-state index in [0.29, 0.717) is 24.2 Å². The molecule has 114 valence electrons. The Morgan fingerprint density at radius 2 is 2.18 bits per heavy atom. The van der Waals surface area contributed by atoms with Gasteiger partial charge in [0.1, 0.15) is 0 Å². The summed E-state index contributed by atoms with van der Waals surface area (Å²) in [6.07, 6.45) is 7.07. The number of nitrogens with zero attached hydrogens (tertiary/aromatic N) is 5. The molecule has 1 N–H and O–H groups in total. The van der Waals surface area contributed by atoms with Crippen LogP contribution in [0, 0.1) is 0 Å². The molecule has 8 heteroatoms. The van der Waals surface area contributed by atoms with E-state index >= 15 is 0 Å². The third-order valence-corrected chi connectivity index (χ3v) is 4.38. The molecule has 0 radical (unpaired) electrons. The lowest BCUT2D eigenvalue weighted by molar-refractivity contribution is 0.252. The van der Waals surface area contributed by atoms with Crippen molar-refractivity contribution in [1.29, 1.82) is 0 Å². The molecular formula is C14H15ClN6O. The number of aromatic nitrogens is 3.